The Kier molecular flexibility index (Phi) is 6.07. The summed E-state index contributed by atoms with van der Waals surface area (Å²) >= 11 is 0. The molecule has 3 aromatic rings. The molecule has 5 rings (SSSR count). The number of halogens is 1. The number of hydrogen-bond acceptors (Lipinski definition) is 3. The van der Waals surface area contributed by atoms with Gasteiger partial charge in [0, 0.05) is 12.1 Å². The van der Waals surface area contributed by atoms with Crippen LogP contribution in [0.15, 0.2) is 60.7 Å². The van der Waals surface area contributed by atoms with Crippen molar-refractivity contribution in [3.63, 3.8) is 0 Å². The van der Waals surface area contributed by atoms with E-state index in [-0.39, 0.29) is 17.4 Å². The number of hydrogen-bond donors (Lipinski definition) is 2. The number of amides is 1. The van der Waals surface area contributed by atoms with Crippen LogP contribution in [0.5, 0.6) is 5.75 Å². The third kappa shape index (κ3) is 4.74. The molecule has 0 aromatic heterocycles. The number of benzene rings is 3. The van der Waals surface area contributed by atoms with Gasteiger partial charge in [-0.2, -0.15) is 0 Å². The van der Waals surface area contributed by atoms with Crippen molar-refractivity contribution in [1.29, 1.82) is 0 Å². The molecular weight excluding hydrogens is 415 g/mol. The molecular formula is C28H31FN2O2. The Morgan fingerprint density at radius 1 is 1.12 bits per heavy atom. The molecule has 1 aliphatic carbocycles. The number of fused-ring (bicyclic) bond motifs is 1. The molecule has 5 heteroatoms. The summed E-state index contributed by atoms with van der Waals surface area (Å²) in [7, 11) is 0. The topological polar surface area (TPSA) is 50.4 Å². The second-order valence-corrected chi connectivity index (χ2v) is 9.53. The van der Waals surface area contributed by atoms with E-state index in [1.54, 1.807) is 0 Å². The summed E-state index contributed by atoms with van der Waals surface area (Å²) < 4.78 is 19.5. The van der Waals surface area contributed by atoms with Crippen molar-refractivity contribution < 1.29 is 13.9 Å². The number of nitrogens with one attached hydrogen (secondary N) is 2. The lowest BCUT2D eigenvalue weighted by atomic mass is 9.95. The molecule has 33 heavy (non-hydrogen) atoms. The van der Waals surface area contributed by atoms with E-state index in [0.717, 1.165) is 31.4 Å². The van der Waals surface area contributed by atoms with Gasteiger partial charge < -0.3 is 15.4 Å². The SMILES string of the molecule is Cc1ccc(OCCC2CNC[C@@H](F)C2)cc1C(=O)NC1(c2cccc3ccccc23)CC1. The van der Waals surface area contributed by atoms with Crippen molar-refractivity contribution >= 4 is 16.7 Å². The number of carbonyl (C=O) groups is 1. The second-order valence-electron chi connectivity index (χ2n) is 9.53. The van der Waals surface area contributed by atoms with Crippen LogP contribution in [-0.4, -0.2) is 31.8 Å². The zero-order chi connectivity index (χ0) is 22.8. The van der Waals surface area contributed by atoms with Gasteiger partial charge in [0.05, 0.1) is 12.1 Å². The van der Waals surface area contributed by atoms with Gasteiger partial charge in [0.2, 0.25) is 0 Å². The van der Waals surface area contributed by atoms with Crippen LogP contribution < -0.4 is 15.4 Å². The van der Waals surface area contributed by atoms with Gasteiger partial charge in [-0.05, 0) is 79.1 Å². The first kappa shape index (κ1) is 21.9. The smallest absolute Gasteiger partial charge is 0.252 e. The minimum absolute atomic E-state index is 0.0693. The Bertz CT molecular complexity index is 1150. The molecule has 1 aliphatic heterocycles. The predicted octanol–water partition coefficient (Wildman–Crippen LogP) is 5.28. The average Bonchev–Trinajstić information content (AvgIpc) is 3.60. The van der Waals surface area contributed by atoms with Gasteiger partial charge in [0.25, 0.3) is 5.91 Å². The third-order valence-electron chi connectivity index (χ3n) is 7.04. The van der Waals surface area contributed by atoms with Gasteiger partial charge in [-0.15, -0.1) is 0 Å². The lowest BCUT2D eigenvalue weighted by molar-refractivity contribution is 0.0930. The van der Waals surface area contributed by atoms with Crippen LogP contribution in [0.3, 0.4) is 0 Å². The van der Waals surface area contributed by atoms with Crippen LogP contribution in [0.1, 0.15) is 47.2 Å². The highest BCUT2D eigenvalue weighted by Crippen LogP contribution is 2.48. The predicted molar refractivity (Wildman–Crippen MR) is 129 cm³/mol. The van der Waals surface area contributed by atoms with Crippen molar-refractivity contribution in [3.8, 4) is 5.75 Å². The Labute approximate surface area is 194 Å². The molecule has 2 atom stereocenters. The molecule has 0 radical (unpaired) electrons. The molecule has 0 spiro atoms. The monoisotopic (exact) mass is 446 g/mol. The summed E-state index contributed by atoms with van der Waals surface area (Å²) in [5.41, 5.74) is 2.44. The van der Waals surface area contributed by atoms with Gasteiger partial charge in [-0.1, -0.05) is 48.5 Å². The maximum atomic E-state index is 13.6. The molecule has 2 N–H and O–H groups in total. The fraction of sp³-hybridized carbons (Fsp3) is 0.393. The largest absolute Gasteiger partial charge is 0.494 e. The third-order valence-corrected chi connectivity index (χ3v) is 7.04. The van der Waals surface area contributed by atoms with Crippen LogP contribution in [-0.2, 0) is 5.54 Å². The fourth-order valence-electron chi connectivity index (χ4n) is 4.99. The van der Waals surface area contributed by atoms with E-state index >= 15 is 0 Å². The molecule has 1 saturated heterocycles. The number of ether oxygens (including phenoxy) is 1. The normalized spacial score (nSPS) is 21.5. The van der Waals surface area contributed by atoms with E-state index in [1.165, 1.54) is 16.3 Å². The van der Waals surface area contributed by atoms with Crippen LogP contribution in [0.25, 0.3) is 10.8 Å². The highest BCUT2D eigenvalue weighted by Gasteiger charge is 2.46. The van der Waals surface area contributed by atoms with E-state index in [1.807, 2.05) is 37.3 Å². The van der Waals surface area contributed by atoms with Crippen LogP contribution in [0, 0.1) is 12.8 Å². The van der Waals surface area contributed by atoms with Crippen molar-refractivity contribution in [2.75, 3.05) is 19.7 Å². The van der Waals surface area contributed by atoms with E-state index in [0.29, 0.717) is 30.9 Å². The van der Waals surface area contributed by atoms with Crippen molar-refractivity contribution in [3.05, 3.63) is 77.4 Å². The average molecular weight is 447 g/mol. The minimum Gasteiger partial charge on any atom is -0.494 e. The van der Waals surface area contributed by atoms with Gasteiger partial charge in [-0.3, -0.25) is 4.79 Å². The number of alkyl halides is 1. The molecule has 172 valence electrons. The lowest BCUT2D eigenvalue weighted by Crippen LogP contribution is -2.37. The summed E-state index contributed by atoms with van der Waals surface area (Å²) in [6, 6.07) is 20.3. The number of piperidine rings is 1. The lowest BCUT2D eigenvalue weighted by Gasteiger charge is -2.25. The molecule has 1 amide bonds. The van der Waals surface area contributed by atoms with E-state index in [2.05, 4.69) is 41.0 Å². The van der Waals surface area contributed by atoms with Gasteiger partial charge in [0.1, 0.15) is 11.9 Å². The fourth-order valence-corrected chi connectivity index (χ4v) is 4.99. The number of rotatable bonds is 7. The standard InChI is InChI=1S/C28H31FN2O2/c1-19-9-10-23(33-14-11-20-15-22(29)18-30-17-20)16-25(19)27(32)31-28(12-13-28)26-8-4-6-21-5-2-3-7-24(21)26/h2-10,16,20,22,30H,11-15,17-18H2,1H3,(H,31,32)/t20?,22-/m0/s1. The Morgan fingerprint density at radius 3 is 2.76 bits per heavy atom. The van der Waals surface area contributed by atoms with E-state index in [9.17, 15) is 9.18 Å². The number of carbonyl (C=O) groups excluding carboxylic acids is 1. The van der Waals surface area contributed by atoms with Crippen LogP contribution >= 0.6 is 0 Å². The molecule has 2 fully saturated rings. The van der Waals surface area contributed by atoms with Crippen molar-refractivity contribution in [2.45, 2.75) is 44.3 Å². The zero-order valence-corrected chi connectivity index (χ0v) is 19.1. The first-order chi connectivity index (χ1) is 16.0. The molecule has 0 bridgehead atoms. The first-order valence-corrected chi connectivity index (χ1v) is 11.9. The van der Waals surface area contributed by atoms with Gasteiger partial charge >= 0.3 is 0 Å². The maximum Gasteiger partial charge on any atom is 0.252 e. The Morgan fingerprint density at radius 2 is 1.94 bits per heavy atom. The Balaban J connectivity index is 1.28. The van der Waals surface area contributed by atoms with Crippen molar-refractivity contribution in [2.24, 2.45) is 5.92 Å². The molecule has 1 heterocycles. The number of aryl methyl sites for hydroxylation is 1. The first-order valence-electron chi connectivity index (χ1n) is 11.9. The highest BCUT2D eigenvalue weighted by molar-refractivity contribution is 5.97. The van der Waals surface area contributed by atoms with Gasteiger partial charge in [0.15, 0.2) is 0 Å². The van der Waals surface area contributed by atoms with Crippen LogP contribution in [0.4, 0.5) is 4.39 Å². The van der Waals surface area contributed by atoms with Crippen molar-refractivity contribution in [1.82, 2.24) is 10.6 Å². The molecule has 3 aromatic carbocycles. The Hall–Kier alpha value is -2.92. The quantitative estimate of drug-likeness (QED) is 0.519. The van der Waals surface area contributed by atoms with E-state index < -0.39 is 6.17 Å². The molecule has 4 nitrogen and oxygen atoms in total. The molecule has 1 saturated carbocycles. The summed E-state index contributed by atoms with van der Waals surface area (Å²) in [5.74, 6) is 0.902. The second kappa shape index (κ2) is 9.14. The summed E-state index contributed by atoms with van der Waals surface area (Å²) in [6.45, 7) is 3.75. The zero-order valence-electron chi connectivity index (χ0n) is 19.1. The minimum atomic E-state index is -0.769. The summed E-state index contributed by atoms with van der Waals surface area (Å²) in [4.78, 5) is 13.3. The summed E-state index contributed by atoms with van der Waals surface area (Å²) in [5, 5.41) is 8.84. The summed E-state index contributed by atoms with van der Waals surface area (Å²) in [6.07, 6.45) is 2.50. The molecule has 1 unspecified atom stereocenters. The maximum absolute atomic E-state index is 13.6. The van der Waals surface area contributed by atoms with Gasteiger partial charge in [-0.25, -0.2) is 4.39 Å². The molecule has 2 aliphatic rings. The van der Waals surface area contributed by atoms with Crippen LogP contribution in [0.2, 0.25) is 0 Å². The highest BCUT2D eigenvalue weighted by atomic mass is 19.1. The van der Waals surface area contributed by atoms with E-state index in [4.69, 9.17) is 4.74 Å².